The number of nitriles is 1. The van der Waals surface area contributed by atoms with Gasteiger partial charge in [-0.3, -0.25) is 0 Å². The highest BCUT2D eigenvalue weighted by Crippen LogP contribution is 2.21. The van der Waals surface area contributed by atoms with Crippen LogP contribution >= 0.6 is 0 Å². The molecule has 7 heteroatoms. The molecule has 4 nitrogen and oxygen atoms in total. The van der Waals surface area contributed by atoms with Crippen molar-refractivity contribution in [3.05, 3.63) is 17.8 Å². The summed E-state index contributed by atoms with van der Waals surface area (Å²) < 4.78 is 35.6. The molecule has 0 unspecified atom stereocenters. The molecule has 0 amide bonds. The molecule has 0 aliphatic rings. The Morgan fingerprint density at radius 2 is 2.20 bits per heavy atom. The van der Waals surface area contributed by atoms with Gasteiger partial charge in [-0.15, -0.1) is 0 Å². The van der Waals surface area contributed by atoms with E-state index >= 15 is 0 Å². The van der Waals surface area contributed by atoms with E-state index in [0.29, 0.717) is 0 Å². The van der Waals surface area contributed by atoms with Crippen LogP contribution in [0.4, 0.5) is 24.7 Å². The number of halogens is 3. The molecule has 0 fully saturated rings. The van der Waals surface area contributed by atoms with Crippen LogP contribution in [0.25, 0.3) is 0 Å². The van der Waals surface area contributed by atoms with Crippen LogP contribution in [0.1, 0.15) is 5.56 Å². The predicted octanol–water partition coefficient (Wildman–Crippen LogP) is 1.51. The van der Waals surface area contributed by atoms with E-state index in [1.54, 1.807) is 6.07 Å². The van der Waals surface area contributed by atoms with E-state index in [-0.39, 0.29) is 17.1 Å². The molecule has 0 aliphatic carbocycles. The molecule has 80 valence electrons. The normalized spacial score (nSPS) is 10.8. The Bertz CT molecular complexity index is 394. The average Bonchev–Trinajstić information content (AvgIpc) is 2.15. The Morgan fingerprint density at radius 3 is 2.73 bits per heavy atom. The van der Waals surface area contributed by atoms with Gasteiger partial charge in [-0.25, -0.2) is 4.98 Å². The van der Waals surface area contributed by atoms with Gasteiger partial charge in [-0.1, -0.05) is 0 Å². The van der Waals surface area contributed by atoms with Crippen molar-refractivity contribution >= 4 is 11.5 Å². The summed E-state index contributed by atoms with van der Waals surface area (Å²) in [6, 6.07) is 3.07. The van der Waals surface area contributed by atoms with Gasteiger partial charge in [0.2, 0.25) is 0 Å². The summed E-state index contributed by atoms with van der Waals surface area (Å²) in [5, 5.41) is 10.6. The van der Waals surface area contributed by atoms with Crippen molar-refractivity contribution in [2.24, 2.45) is 0 Å². The van der Waals surface area contributed by atoms with Crippen LogP contribution in [0, 0.1) is 11.3 Å². The first-order valence-corrected chi connectivity index (χ1v) is 3.89. The van der Waals surface area contributed by atoms with E-state index in [1.165, 1.54) is 12.3 Å². The number of nitrogen functional groups attached to an aromatic ring is 1. The molecule has 1 heterocycles. The lowest BCUT2D eigenvalue weighted by Crippen LogP contribution is -2.22. The first kappa shape index (κ1) is 11.1. The van der Waals surface area contributed by atoms with Gasteiger partial charge in [-0.05, 0) is 6.07 Å². The maximum Gasteiger partial charge on any atom is 0.405 e. The van der Waals surface area contributed by atoms with Gasteiger partial charge >= 0.3 is 6.18 Å². The number of anilines is 2. The quantitative estimate of drug-likeness (QED) is 0.785. The zero-order chi connectivity index (χ0) is 11.5. The summed E-state index contributed by atoms with van der Waals surface area (Å²) in [6.45, 7) is -1.24. The summed E-state index contributed by atoms with van der Waals surface area (Å²) >= 11 is 0. The van der Waals surface area contributed by atoms with Crippen LogP contribution in [0.2, 0.25) is 0 Å². The molecule has 0 saturated carbocycles. The summed E-state index contributed by atoms with van der Waals surface area (Å²) in [5.74, 6) is -0.133. The minimum absolute atomic E-state index is 0.0794. The zero-order valence-corrected chi connectivity index (χ0v) is 7.47. The van der Waals surface area contributed by atoms with Crippen LogP contribution < -0.4 is 11.1 Å². The number of nitrogens with zero attached hydrogens (tertiary/aromatic N) is 2. The molecule has 3 N–H and O–H groups in total. The fourth-order valence-electron chi connectivity index (χ4n) is 0.896. The lowest BCUT2D eigenvalue weighted by Gasteiger charge is -2.10. The molecule has 0 bridgehead atoms. The van der Waals surface area contributed by atoms with E-state index in [1.807, 2.05) is 5.32 Å². The van der Waals surface area contributed by atoms with Gasteiger partial charge in [-0.2, -0.15) is 18.4 Å². The van der Waals surface area contributed by atoms with Gasteiger partial charge in [0.25, 0.3) is 0 Å². The molecular weight excluding hydrogens is 209 g/mol. The molecule has 1 rings (SSSR count). The van der Waals surface area contributed by atoms with Crippen molar-refractivity contribution < 1.29 is 13.2 Å². The molecule has 0 aliphatic heterocycles. The van der Waals surface area contributed by atoms with Crippen LogP contribution in [-0.2, 0) is 0 Å². The number of nitrogens with one attached hydrogen (secondary N) is 1. The third-order valence-electron chi connectivity index (χ3n) is 1.57. The molecule has 1 aromatic heterocycles. The van der Waals surface area contributed by atoms with Crippen molar-refractivity contribution in [3.8, 4) is 6.07 Å². The van der Waals surface area contributed by atoms with Crippen molar-refractivity contribution in [1.82, 2.24) is 4.98 Å². The number of nitrogens with two attached hydrogens (primary N) is 1. The highest BCUT2D eigenvalue weighted by atomic mass is 19.4. The highest BCUT2D eigenvalue weighted by Gasteiger charge is 2.27. The number of rotatable bonds is 2. The second-order valence-corrected chi connectivity index (χ2v) is 2.70. The van der Waals surface area contributed by atoms with Crippen molar-refractivity contribution in [3.63, 3.8) is 0 Å². The Morgan fingerprint density at radius 1 is 1.53 bits per heavy atom. The Kier molecular flexibility index (Phi) is 2.99. The summed E-state index contributed by atoms with van der Waals surface area (Å²) in [4.78, 5) is 3.60. The van der Waals surface area contributed by atoms with Gasteiger partial charge in [0, 0.05) is 6.20 Å². The summed E-state index contributed by atoms with van der Waals surface area (Å²) in [6.07, 6.45) is -3.13. The first-order valence-electron chi connectivity index (χ1n) is 3.89. The number of hydrogen-bond donors (Lipinski definition) is 2. The summed E-state index contributed by atoms with van der Waals surface area (Å²) in [5.41, 5.74) is 5.42. The molecule has 0 radical (unpaired) electrons. The number of pyridine rings is 1. The molecule has 15 heavy (non-hydrogen) atoms. The minimum Gasteiger partial charge on any atom is -0.395 e. The second-order valence-electron chi connectivity index (χ2n) is 2.70. The maximum absolute atomic E-state index is 11.9. The van der Waals surface area contributed by atoms with Gasteiger partial charge < -0.3 is 11.1 Å². The molecule has 1 aromatic rings. The third-order valence-corrected chi connectivity index (χ3v) is 1.57. The first-order chi connectivity index (χ1) is 6.94. The topological polar surface area (TPSA) is 74.7 Å². The largest absolute Gasteiger partial charge is 0.405 e. The third kappa shape index (κ3) is 3.02. The lowest BCUT2D eigenvalue weighted by molar-refractivity contribution is -0.115. The minimum atomic E-state index is -4.35. The molecular formula is C8H7F3N4. The van der Waals surface area contributed by atoms with Crippen LogP contribution in [0.5, 0.6) is 0 Å². The molecule has 0 spiro atoms. The predicted molar refractivity (Wildman–Crippen MR) is 47.9 cm³/mol. The molecule has 0 atom stereocenters. The van der Waals surface area contributed by atoms with E-state index in [2.05, 4.69) is 4.98 Å². The van der Waals surface area contributed by atoms with Crippen LogP contribution in [0.15, 0.2) is 12.3 Å². The van der Waals surface area contributed by atoms with Crippen molar-refractivity contribution in [2.75, 3.05) is 17.6 Å². The fraction of sp³-hybridized carbons (Fsp3) is 0.250. The smallest absolute Gasteiger partial charge is 0.395 e. The van der Waals surface area contributed by atoms with Gasteiger partial charge in [0.05, 0.1) is 11.3 Å². The van der Waals surface area contributed by atoms with E-state index < -0.39 is 12.7 Å². The Hall–Kier alpha value is -1.97. The van der Waals surface area contributed by atoms with Gasteiger partial charge in [0.1, 0.15) is 12.6 Å². The highest BCUT2D eigenvalue weighted by molar-refractivity contribution is 5.68. The number of hydrogen-bond acceptors (Lipinski definition) is 4. The van der Waals surface area contributed by atoms with E-state index in [4.69, 9.17) is 11.0 Å². The van der Waals surface area contributed by atoms with Crippen molar-refractivity contribution in [1.29, 1.82) is 5.26 Å². The Labute approximate surface area is 83.5 Å². The lowest BCUT2D eigenvalue weighted by atomic mass is 10.2. The van der Waals surface area contributed by atoms with Crippen LogP contribution in [-0.4, -0.2) is 17.7 Å². The maximum atomic E-state index is 11.9. The second kappa shape index (κ2) is 4.04. The Balaban J connectivity index is 2.83. The molecule has 0 aromatic carbocycles. The van der Waals surface area contributed by atoms with Crippen LogP contribution in [0.3, 0.4) is 0 Å². The van der Waals surface area contributed by atoms with E-state index in [0.717, 1.165) is 0 Å². The van der Waals surface area contributed by atoms with Gasteiger partial charge in [0.15, 0.2) is 5.82 Å². The monoisotopic (exact) mass is 216 g/mol. The van der Waals surface area contributed by atoms with Crippen molar-refractivity contribution in [2.45, 2.75) is 6.18 Å². The SMILES string of the molecule is N#Cc1ccnc(NCC(F)(F)F)c1N. The fourth-order valence-corrected chi connectivity index (χ4v) is 0.896. The van der Waals surface area contributed by atoms with E-state index in [9.17, 15) is 13.2 Å². The zero-order valence-electron chi connectivity index (χ0n) is 7.47. The average molecular weight is 216 g/mol. The number of aromatic nitrogens is 1. The number of alkyl halides is 3. The molecule has 0 saturated heterocycles. The standard InChI is InChI=1S/C8H7F3N4/c9-8(10,11)4-15-7-6(13)5(3-12)1-2-14-7/h1-2H,4,13H2,(H,14,15). The summed E-state index contributed by atoms with van der Waals surface area (Å²) in [7, 11) is 0.